The summed E-state index contributed by atoms with van der Waals surface area (Å²) in [7, 11) is 0. The van der Waals surface area contributed by atoms with E-state index in [0.717, 1.165) is 0 Å². The fourth-order valence-electron chi connectivity index (χ4n) is 4.23. The van der Waals surface area contributed by atoms with Gasteiger partial charge in [-0.25, -0.2) is 0 Å². The molecule has 5 heteroatoms. The maximum absolute atomic E-state index is 11.9. The summed E-state index contributed by atoms with van der Waals surface area (Å²) in [5.41, 5.74) is -2.19. The van der Waals surface area contributed by atoms with Gasteiger partial charge in [0.05, 0.1) is 6.10 Å². The second kappa shape index (κ2) is 2.42. The first-order valence-corrected chi connectivity index (χ1v) is 5.47. The van der Waals surface area contributed by atoms with E-state index in [0.29, 0.717) is 6.42 Å². The third-order valence-electron chi connectivity index (χ3n) is 5.06. The number of fused-ring (bicyclic) bond motifs is 1. The summed E-state index contributed by atoms with van der Waals surface area (Å²) in [5, 5.41) is 19.4. The van der Waals surface area contributed by atoms with Crippen molar-refractivity contribution in [1.82, 2.24) is 0 Å². The van der Waals surface area contributed by atoms with Crippen LogP contribution in [-0.2, 0) is 14.3 Å². The maximum Gasteiger partial charge on any atom is 0.324 e. The minimum Gasteiger partial charge on any atom is -0.480 e. The van der Waals surface area contributed by atoms with Crippen LogP contribution in [0.3, 0.4) is 0 Å². The second-order valence-electron chi connectivity index (χ2n) is 5.64. The van der Waals surface area contributed by atoms with Crippen LogP contribution in [0.4, 0.5) is 0 Å². The Bertz CT molecular complexity index is 401. The van der Waals surface area contributed by atoms with Gasteiger partial charge in [-0.3, -0.25) is 9.59 Å². The van der Waals surface area contributed by atoms with Gasteiger partial charge in [-0.05, 0) is 17.8 Å². The molecule has 0 spiro atoms. The fourth-order valence-corrected chi connectivity index (χ4v) is 4.23. The van der Waals surface area contributed by atoms with Gasteiger partial charge < -0.3 is 14.9 Å². The van der Waals surface area contributed by atoms with Gasteiger partial charge in [-0.1, -0.05) is 13.8 Å². The molecule has 3 fully saturated rings. The normalized spacial score (nSPS) is 51.8. The molecule has 0 aromatic rings. The molecular formula is C11H14O5. The summed E-state index contributed by atoms with van der Waals surface area (Å²) < 4.78 is 5.08. The molecule has 0 aromatic carbocycles. The number of esters is 1. The first-order chi connectivity index (χ1) is 7.35. The molecule has 2 N–H and O–H groups in total. The summed E-state index contributed by atoms with van der Waals surface area (Å²) in [6, 6.07) is 0. The predicted octanol–water partition coefficient (Wildman–Crippen LogP) is 0.0196. The lowest BCUT2D eigenvalue weighted by Gasteiger charge is -2.41. The maximum atomic E-state index is 11.9. The Balaban J connectivity index is 2.24. The molecule has 16 heavy (non-hydrogen) atoms. The number of aliphatic hydroxyl groups excluding tert-OH is 1. The fraction of sp³-hybridized carbons (Fsp3) is 0.818. The van der Waals surface area contributed by atoms with Crippen LogP contribution in [0, 0.1) is 22.7 Å². The van der Waals surface area contributed by atoms with E-state index in [2.05, 4.69) is 0 Å². The van der Waals surface area contributed by atoms with Gasteiger partial charge in [-0.15, -0.1) is 0 Å². The Morgan fingerprint density at radius 1 is 1.44 bits per heavy atom. The molecule has 0 amide bonds. The molecule has 1 aliphatic heterocycles. The van der Waals surface area contributed by atoms with Crippen molar-refractivity contribution in [3.63, 3.8) is 0 Å². The molecule has 88 valence electrons. The lowest BCUT2D eigenvalue weighted by Crippen LogP contribution is -2.54. The van der Waals surface area contributed by atoms with Crippen molar-refractivity contribution in [3.05, 3.63) is 0 Å². The van der Waals surface area contributed by atoms with E-state index in [4.69, 9.17) is 4.74 Å². The zero-order valence-corrected chi connectivity index (χ0v) is 9.14. The average Bonchev–Trinajstić information content (AvgIpc) is 2.67. The van der Waals surface area contributed by atoms with Crippen molar-refractivity contribution >= 4 is 11.9 Å². The number of aliphatic hydroxyl groups is 1. The quantitative estimate of drug-likeness (QED) is 0.486. The van der Waals surface area contributed by atoms with Crippen LogP contribution in [0.25, 0.3) is 0 Å². The van der Waals surface area contributed by atoms with Crippen LogP contribution < -0.4 is 0 Å². The highest BCUT2D eigenvalue weighted by Crippen LogP contribution is 2.70. The number of ether oxygens (including phenoxy) is 1. The highest BCUT2D eigenvalue weighted by atomic mass is 16.6. The molecule has 2 aliphatic carbocycles. The van der Waals surface area contributed by atoms with Gasteiger partial charge in [0, 0.05) is 5.92 Å². The van der Waals surface area contributed by atoms with Crippen LogP contribution in [0.15, 0.2) is 0 Å². The van der Waals surface area contributed by atoms with Crippen molar-refractivity contribution in [3.8, 4) is 0 Å². The zero-order valence-electron chi connectivity index (χ0n) is 9.14. The van der Waals surface area contributed by atoms with E-state index in [1.807, 2.05) is 0 Å². The molecule has 0 aromatic heterocycles. The van der Waals surface area contributed by atoms with Crippen molar-refractivity contribution < 1.29 is 24.5 Å². The zero-order chi connectivity index (χ0) is 11.9. The Kier molecular flexibility index (Phi) is 1.53. The summed E-state index contributed by atoms with van der Waals surface area (Å²) in [6.45, 7) is 3.50. The Morgan fingerprint density at radius 3 is 2.56 bits per heavy atom. The molecular weight excluding hydrogens is 212 g/mol. The van der Waals surface area contributed by atoms with Gasteiger partial charge in [0.25, 0.3) is 0 Å². The average molecular weight is 226 g/mol. The SMILES string of the molecule is CC1(C)C2CC3C(OC(=O)C31C(=O)O)C2O. The van der Waals surface area contributed by atoms with Gasteiger partial charge >= 0.3 is 11.9 Å². The van der Waals surface area contributed by atoms with Gasteiger partial charge in [-0.2, -0.15) is 0 Å². The van der Waals surface area contributed by atoms with Crippen LogP contribution >= 0.6 is 0 Å². The van der Waals surface area contributed by atoms with Crippen molar-refractivity contribution in [2.24, 2.45) is 22.7 Å². The summed E-state index contributed by atoms with van der Waals surface area (Å²) in [4.78, 5) is 23.4. The molecule has 1 saturated heterocycles. The molecule has 5 unspecified atom stereocenters. The number of carboxylic acids is 1. The van der Waals surface area contributed by atoms with Crippen molar-refractivity contribution in [2.75, 3.05) is 0 Å². The molecule has 1 heterocycles. The third-order valence-corrected chi connectivity index (χ3v) is 5.06. The second-order valence-corrected chi connectivity index (χ2v) is 5.64. The topological polar surface area (TPSA) is 83.8 Å². The molecule has 0 radical (unpaired) electrons. The largest absolute Gasteiger partial charge is 0.480 e. The van der Waals surface area contributed by atoms with E-state index >= 15 is 0 Å². The number of hydrogen-bond donors (Lipinski definition) is 2. The number of carbonyl (C=O) groups is 2. The minimum atomic E-state index is -1.44. The lowest BCUT2D eigenvalue weighted by molar-refractivity contribution is -0.169. The first kappa shape index (κ1) is 10.1. The van der Waals surface area contributed by atoms with Crippen LogP contribution in [-0.4, -0.2) is 34.4 Å². The van der Waals surface area contributed by atoms with Gasteiger partial charge in [0.1, 0.15) is 6.10 Å². The Hall–Kier alpha value is -1.10. The third kappa shape index (κ3) is 0.678. The summed E-state index contributed by atoms with van der Waals surface area (Å²) in [5.74, 6) is -2.30. The molecule has 5 atom stereocenters. The highest BCUT2D eigenvalue weighted by molar-refractivity contribution is 6.03. The minimum absolute atomic E-state index is 0.162. The molecule has 2 saturated carbocycles. The molecule has 3 rings (SSSR count). The Morgan fingerprint density at radius 2 is 2.06 bits per heavy atom. The number of carbonyl (C=O) groups excluding carboxylic acids is 1. The molecule has 3 aliphatic rings. The van der Waals surface area contributed by atoms with E-state index in [9.17, 15) is 19.8 Å². The van der Waals surface area contributed by atoms with Crippen LogP contribution in [0.5, 0.6) is 0 Å². The van der Waals surface area contributed by atoms with Crippen LogP contribution in [0.1, 0.15) is 20.3 Å². The van der Waals surface area contributed by atoms with Crippen molar-refractivity contribution in [1.29, 1.82) is 0 Å². The standard InChI is InChI=1S/C11H14O5/c1-10(2)4-3-5-7(6(4)12)16-9(15)11(5,10)8(13)14/h4-7,12H,3H2,1-2H3,(H,13,14). The number of aliphatic carboxylic acids is 1. The number of carboxylic acid groups (broad SMARTS) is 1. The van der Waals surface area contributed by atoms with E-state index in [1.165, 1.54) is 0 Å². The predicted molar refractivity (Wildman–Crippen MR) is 51.3 cm³/mol. The van der Waals surface area contributed by atoms with E-state index in [1.54, 1.807) is 13.8 Å². The molecule has 5 nitrogen and oxygen atoms in total. The highest BCUT2D eigenvalue weighted by Gasteiger charge is 2.81. The van der Waals surface area contributed by atoms with E-state index in [-0.39, 0.29) is 11.8 Å². The smallest absolute Gasteiger partial charge is 0.324 e. The molecule has 2 bridgehead atoms. The number of hydrogen-bond acceptors (Lipinski definition) is 4. The van der Waals surface area contributed by atoms with E-state index < -0.39 is 35.0 Å². The monoisotopic (exact) mass is 226 g/mol. The Labute approximate surface area is 92.4 Å². The summed E-state index contributed by atoms with van der Waals surface area (Å²) >= 11 is 0. The first-order valence-electron chi connectivity index (χ1n) is 5.47. The van der Waals surface area contributed by atoms with Crippen LogP contribution in [0.2, 0.25) is 0 Å². The lowest BCUT2D eigenvalue weighted by atomic mass is 9.58. The number of rotatable bonds is 1. The van der Waals surface area contributed by atoms with Crippen molar-refractivity contribution in [2.45, 2.75) is 32.5 Å². The van der Waals surface area contributed by atoms with Gasteiger partial charge in [0.2, 0.25) is 0 Å². The summed E-state index contributed by atoms with van der Waals surface area (Å²) in [6.07, 6.45) is -0.753. The van der Waals surface area contributed by atoms with Gasteiger partial charge in [0.15, 0.2) is 5.41 Å².